The molecule has 3 aliphatic rings. The van der Waals surface area contributed by atoms with Crippen LogP contribution in [0, 0.1) is 5.41 Å². The first-order chi connectivity index (χ1) is 15.9. The van der Waals surface area contributed by atoms with Gasteiger partial charge in [0.25, 0.3) is 0 Å². The Morgan fingerprint density at radius 2 is 1.94 bits per heavy atom. The molecule has 1 N–H and O–H groups in total. The first kappa shape index (κ1) is 20.9. The topological polar surface area (TPSA) is 76.2 Å². The maximum atomic E-state index is 12.3. The number of rotatable bonds is 8. The van der Waals surface area contributed by atoms with Crippen molar-refractivity contribution in [3.63, 3.8) is 0 Å². The number of nitrogens with zero attached hydrogens (tertiary/aromatic N) is 3. The molecular formula is C25H28N4O3S. The maximum Gasteiger partial charge on any atom is 0.243 e. The van der Waals surface area contributed by atoms with Crippen LogP contribution in [0.4, 0.5) is 0 Å². The monoisotopic (exact) mass is 464 g/mol. The standard InChI is InChI=1S/C25H28N4O3S/c1-28-16-20(15-26-28)33(30,31)27-10-11-32-19-9-8-18-14-25(23-24(25)29(23)2)22(21(18)13-19)12-17-6-4-3-5-7-17/h3-9,13,15-16,22-24,27H,10-12,14H2,1-2H3. The summed E-state index contributed by atoms with van der Waals surface area (Å²) in [6.07, 6.45) is 5.01. The molecule has 1 aromatic heterocycles. The molecule has 33 heavy (non-hydrogen) atoms. The first-order valence-electron chi connectivity index (χ1n) is 11.4. The number of benzene rings is 2. The Hall–Kier alpha value is -2.68. The SMILES string of the molecule is CN1C2C1C21Cc2ccc(OCCNS(=O)(=O)c3cnn(C)c3)cc2C1Cc1ccccc1. The molecule has 3 aromatic rings. The molecule has 2 aromatic carbocycles. The number of aromatic nitrogens is 2. The van der Waals surface area contributed by atoms with Gasteiger partial charge in [0.05, 0.1) is 6.20 Å². The predicted molar refractivity (Wildman–Crippen MR) is 125 cm³/mol. The van der Waals surface area contributed by atoms with Gasteiger partial charge in [0, 0.05) is 37.3 Å². The Morgan fingerprint density at radius 3 is 2.64 bits per heavy atom. The molecule has 2 heterocycles. The van der Waals surface area contributed by atoms with Gasteiger partial charge in [-0.15, -0.1) is 0 Å². The third kappa shape index (κ3) is 3.39. The Labute approximate surface area is 194 Å². The highest BCUT2D eigenvalue weighted by Crippen LogP contribution is 2.76. The van der Waals surface area contributed by atoms with E-state index in [0.717, 1.165) is 18.6 Å². The van der Waals surface area contributed by atoms with Crippen molar-refractivity contribution in [2.45, 2.75) is 35.7 Å². The van der Waals surface area contributed by atoms with E-state index in [4.69, 9.17) is 4.74 Å². The molecule has 3 unspecified atom stereocenters. The van der Waals surface area contributed by atoms with Crippen LogP contribution in [0.2, 0.25) is 0 Å². The highest BCUT2D eigenvalue weighted by atomic mass is 32.2. The number of fused-ring (bicyclic) bond motifs is 4. The molecule has 172 valence electrons. The van der Waals surface area contributed by atoms with E-state index in [9.17, 15) is 8.42 Å². The molecule has 6 rings (SSSR count). The summed E-state index contributed by atoms with van der Waals surface area (Å²) in [4.78, 5) is 2.64. The number of likely N-dealkylation sites (tertiary alicyclic amines) is 1. The Bertz CT molecular complexity index is 1290. The van der Waals surface area contributed by atoms with E-state index < -0.39 is 10.0 Å². The molecule has 7 nitrogen and oxygen atoms in total. The van der Waals surface area contributed by atoms with E-state index in [1.165, 1.54) is 33.8 Å². The summed E-state index contributed by atoms with van der Waals surface area (Å²) in [6, 6.07) is 18.6. The van der Waals surface area contributed by atoms with E-state index in [1.54, 1.807) is 7.05 Å². The summed E-state index contributed by atoms with van der Waals surface area (Å²) < 4.78 is 34.7. The van der Waals surface area contributed by atoms with Crippen LogP contribution in [0.15, 0.2) is 65.8 Å². The van der Waals surface area contributed by atoms with E-state index in [0.29, 0.717) is 23.4 Å². The van der Waals surface area contributed by atoms with Crippen molar-refractivity contribution in [1.82, 2.24) is 19.4 Å². The van der Waals surface area contributed by atoms with Gasteiger partial charge in [-0.25, -0.2) is 13.1 Å². The van der Waals surface area contributed by atoms with Crippen LogP contribution in [0.5, 0.6) is 5.75 Å². The number of hydrogen-bond acceptors (Lipinski definition) is 5. The van der Waals surface area contributed by atoms with E-state index >= 15 is 0 Å². The zero-order valence-electron chi connectivity index (χ0n) is 18.8. The molecule has 1 saturated carbocycles. The fraction of sp³-hybridized carbons (Fsp3) is 0.400. The minimum absolute atomic E-state index is 0.157. The number of aryl methyl sites for hydroxylation is 1. The van der Waals surface area contributed by atoms with Crippen LogP contribution in [0.3, 0.4) is 0 Å². The summed E-state index contributed by atoms with van der Waals surface area (Å²) in [5.41, 5.74) is 4.58. The van der Waals surface area contributed by atoms with Gasteiger partial charge in [-0.3, -0.25) is 9.58 Å². The van der Waals surface area contributed by atoms with Crippen LogP contribution >= 0.6 is 0 Å². The smallest absolute Gasteiger partial charge is 0.243 e. The summed E-state index contributed by atoms with van der Waals surface area (Å²) in [7, 11) is 0.337. The Kier molecular flexibility index (Phi) is 4.69. The van der Waals surface area contributed by atoms with Crippen molar-refractivity contribution >= 4 is 10.0 Å². The normalized spacial score (nSPS) is 29.0. The van der Waals surface area contributed by atoms with Crippen molar-refractivity contribution in [1.29, 1.82) is 0 Å². The fourth-order valence-electron chi connectivity index (χ4n) is 6.06. The van der Waals surface area contributed by atoms with Gasteiger partial charge in [-0.1, -0.05) is 36.4 Å². The van der Waals surface area contributed by atoms with E-state index in [-0.39, 0.29) is 18.0 Å². The minimum atomic E-state index is -3.58. The van der Waals surface area contributed by atoms with Gasteiger partial charge in [0.15, 0.2) is 0 Å². The van der Waals surface area contributed by atoms with Crippen LogP contribution in [0.1, 0.15) is 22.6 Å². The third-order valence-electron chi connectivity index (χ3n) is 7.65. The van der Waals surface area contributed by atoms with E-state index in [1.807, 2.05) is 6.07 Å². The number of likely N-dealkylation sites (N-methyl/N-ethyl adjacent to an activating group) is 1. The Morgan fingerprint density at radius 1 is 1.15 bits per heavy atom. The second-order valence-electron chi connectivity index (χ2n) is 9.54. The van der Waals surface area contributed by atoms with Crippen LogP contribution in [-0.4, -0.2) is 55.4 Å². The second kappa shape index (κ2) is 7.41. The lowest BCUT2D eigenvalue weighted by atomic mass is 9.81. The maximum absolute atomic E-state index is 12.3. The highest BCUT2D eigenvalue weighted by Gasteiger charge is 2.84. The predicted octanol–water partition coefficient (Wildman–Crippen LogP) is 2.34. The number of sulfonamides is 1. The Balaban J connectivity index is 1.14. The van der Waals surface area contributed by atoms with Gasteiger partial charge in [-0.05, 0) is 54.6 Å². The molecule has 3 atom stereocenters. The number of nitrogens with one attached hydrogen (secondary N) is 1. The zero-order chi connectivity index (χ0) is 22.8. The summed E-state index contributed by atoms with van der Waals surface area (Å²) in [5, 5.41) is 3.92. The molecule has 1 spiro atoms. The van der Waals surface area contributed by atoms with Gasteiger partial charge in [0.1, 0.15) is 17.3 Å². The van der Waals surface area contributed by atoms with Gasteiger partial charge >= 0.3 is 0 Å². The molecule has 8 heteroatoms. The lowest BCUT2D eigenvalue weighted by molar-refractivity contribution is 0.226. The second-order valence-corrected chi connectivity index (χ2v) is 11.3. The largest absolute Gasteiger partial charge is 0.492 e. The number of ether oxygens (including phenoxy) is 1. The summed E-state index contributed by atoms with van der Waals surface area (Å²) >= 11 is 0. The summed E-state index contributed by atoms with van der Waals surface area (Å²) in [5.74, 6) is 1.29. The van der Waals surface area contributed by atoms with Gasteiger partial charge in [-0.2, -0.15) is 5.10 Å². The third-order valence-corrected chi connectivity index (χ3v) is 9.07. The highest BCUT2D eigenvalue weighted by molar-refractivity contribution is 7.89. The quantitative estimate of drug-likeness (QED) is 0.409. The van der Waals surface area contributed by atoms with Gasteiger partial charge in [0.2, 0.25) is 10.0 Å². The molecule has 1 aliphatic heterocycles. The minimum Gasteiger partial charge on any atom is -0.492 e. The number of hydrogen-bond donors (Lipinski definition) is 1. The molecule has 1 saturated heterocycles. The molecule has 0 amide bonds. The first-order valence-corrected chi connectivity index (χ1v) is 12.9. The molecular weight excluding hydrogens is 436 g/mol. The zero-order valence-corrected chi connectivity index (χ0v) is 19.6. The molecule has 2 fully saturated rings. The van der Waals surface area contributed by atoms with Crippen molar-refractivity contribution in [2.24, 2.45) is 12.5 Å². The molecule has 0 bridgehead atoms. The average Bonchev–Trinajstić information content (AvgIpc) is 3.56. The van der Waals surface area contributed by atoms with Crippen LogP contribution in [0.25, 0.3) is 0 Å². The van der Waals surface area contributed by atoms with Crippen molar-refractivity contribution < 1.29 is 13.2 Å². The summed E-state index contributed by atoms with van der Waals surface area (Å²) in [6.45, 7) is 0.460. The van der Waals surface area contributed by atoms with Crippen LogP contribution < -0.4 is 9.46 Å². The lowest BCUT2D eigenvalue weighted by Crippen LogP contribution is -2.31. The van der Waals surface area contributed by atoms with Crippen molar-refractivity contribution in [2.75, 3.05) is 20.2 Å². The van der Waals surface area contributed by atoms with Crippen molar-refractivity contribution in [3.8, 4) is 5.75 Å². The fourth-order valence-corrected chi connectivity index (χ4v) is 7.06. The van der Waals surface area contributed by atoms with E-state index in [2.05, 4.69) is 64.2 Å². The molecule has 2 aliphatic carbocycles. The van der Waals surface area contributed by atoms with Crippen LogP contribution in [-0.2, 0) is 29.9 Å². The lowest BCUT2D eigenvalue weighted by Gasteiger charge is -2.29. The molecule has 0 radical (unpaired) electrons. The van der Waals surface area contributed by atoms with Crippen molar-refractivity contribution in [3.05, 3.63) is 77.6 Å². The average molecular weight is 465 g/mol. The van der Waals surface area contributed by atoms with Gasteiger partial charge < -0.3 is 4.74 Å².